The van der Waals surface area contributed by atoms with Crippen molar-refractivity contribution in [3.8, 4) is 45.3 Å². The van der Waals surface area contributed by atoms with Crippen molar-refractivity contribution in [3.63, 3.8) is 0 Å². The number of alkyl halides is 3. The Kier molecular flexibility index (Phi) is 9.30. The summed E-state index contributed by atoms with van der Waals surface area (Å²) >= 11 is 0. The van der Waals surface area contributed by atoms with Crippen LogP contribution in [0.3, 0.4) is 0 Å². The quantitative estimate of drug-likeness (QED) is 0.180. The number of halogens is 3. The van der Waals surface area contributed by atoms with E-state index in [0.717, 1.165) is 61.5 Å². The number of nitrogens with one attached hydrogen (secondary N) is 1. The average Bonchev–Trinajstić information content (AvgIpc) is 3.78. The first-order chi connectivity index (χ1) is 22.8. The summed E-state index contributed by atoms with van der Waals surface area (Å²) in [6.07, 6.45) is -4.48. The fourth-order valence-electron chi connectivity index (χ4n) is 5.26. The smallest absolute Gasteiger partial charge is 0.574 e. The Morgan fingerprint density at radius 1 is 0.646 bits per heavy atom. The minimum absolute atomic E-state index is 0. The van der Waals surface area contributed by atoms with Gasteiger partial charge in [0.1, 0.15) is 11.4 Å². The van der Waals surface area contributed by atoms with Crippen LogP contribution < -0.4 is 5.10 Å². The molecule has 0 fully saturated rings. The number of hydrogen-bond acceptors (Lipinski definition) is 4. The van der Waals surface area contributed by atoms with E-state index in [1.165, 1.54) is 0 Å². The topological polar surface area (TPSA) is 81.4 Å². The molecule has 10 heteroatoms. The average molecular weight is 814 g/mol. The molecule has 8 rings (SSSR count). The van der Waals surface area contributed by atoms with E-state index in [2.05, 4.69) is 50.6 Å². The molecule has 0 aliphatic rings. The Balaban J connectivity index is 0.000000165. The number of aryl methyl sites for hydroxylation is 1. The summed E-state index contributed by atoms with van der Waals surface area (Å²) in [7, 11) is 0. The number of benzene rings is 4. The molecule has 4 aromatic carbocycles. The van der Waals surface area contributed by atoms with Crippen LogP contribution in [0.15, 0.2) is 121 Å². The van der Waals surface area contributed by atoms with E-state index in [0.29, 0.717) is 11.4 Å². The van der Waals surface area contributed by atoms with Crippen molar-refractivity contribution < 1.29 is 33.3 Å². The number of aromatic amines is 1. The molecule has 6 nitrogen and oxygen atoms in total. The van der Waals surface area contributed by atoms with E-state index in [1.807, 2.05) is 103 Å². The second-order valence-electron chi connectivity index (χ2n) is 10.7. The second-order valence-corrected chi connectivity index (χ2v) is 10.7. The summed E-state index contributed by atoms with van der Waals surface area (Å²) in [6, 6.07) is 44.1. The molecule has 236 valence electrons. The molecule has 4 heterocycles. The van der Waals surface area contributed by atoms with Gasteiger partial charge >= 0.3 is 26.3 Å². The van der Waals surface area contributed by atoms with Crippen LogP contribution in [-0.2, 0) is 26.3 Å². The zero-order valence-electron chi connectivity index (χ0n) is 25.3. The summed E-state index contributed by atoms with van der Waals surface area (Å²) in [4.78, 5) is 9.38. The fraction of sp³-hybridized carbons (Fsp3) is 0.0526. The minimum Gasteiger partial charge on any atom is -0.574 e. The van der Waals surface area contributed by atoms with Crippen LogP contribution in [-0.4, -0.2) is 25.3 Å². The van der Waals surface area contributed by atoms with Crippen LogP contribution in [0.5, 0.6) is 0 Å². The Bertz CT molecular complexity index is 2320. The molecule has 48 heavy (non-hydrogen) atoms. The maximum atomic E-state index is 12.9. The Morgan fingerprint density at radius 3 is 1.69 bits per heavy atom. The number of hydrogen-bond donors (Lipinski definition) is 1. The minimum atomic E-state index is -4.48. The van der Waals surface area contributed by atoms with Crippen LogP contribution in [0.2, 0.25) is 0 Å². The van der Waals surface area contributed by atoms with Gasteiger partial charge in [-0.05, 0) is 35.2 Å². The first-order valence-electron chi connectivity index (χ1n) is 14.7. The Labute approximate surface area is 287 Å². The number of pyridine rings is 2. The summed E-state index contributed by atoms with van der Waals surface area (Å²) in [5.74, 6) is 0. The molecule has 0 spiro atoms. The first-order valence-corrected chi connectivity index (χ1v) is 14.7. The van der Waals surface area contributed by atoms with E-state index in [9.17, 15) is 13.2 Å². The van der Waals surface area contributed by atoms with E-state index >= 15 is 0 Å². The van der Waals surface area contributed by atoms with E-state index in [1.54, 1.807) is 6.07 Å². The molecule has 8 aromatic rings. The van der Waals surface area contributed by atoms with Crippen LogP contribution in [0.1, 0.15) is 11.4 Å². The van der Waals surface area contributed by atoms with Crippen molar-refractivity contribution in [2.75, 3.05) is 0 Å². The van der Waals surface area contributed by atoms with Gasteiger partial charge in [-0.1, -0.05) is 72.4 Å². The van der Waals surface area contributed by atoms with Gasteiger partial charge in [0.2, 0.25) is 0 Å². The largest absolute Gasteiger partial charge is 3.00 e. The van der Waals surface area contributed by atoms with E-state index in [4.69, 9.17) is 4.98 Å². The molecule has 0 unspecified atom stereocenters. The van der Waals surface area contributed by atoms with Gasteiger partial charge in [-0.25, -0.2) is 0 Å². The molecule has 0 radical (unpaired) electrons. The number of nitrogens with zero attached hydrogens (tertiary/aromatic N) is 5. The third-order valence-corrected chi connectivity index (χ3v) is 7.48. The molecule has 4 aromatic heterocycles. The summed E-state index contributed by atoms with van der Waals surface area (Å²) in [5.41, 5.74) is 5.51. The summed E-state index contributed by atoms with van der Waals surface area (Å²) in [5, 5.41) is 18.1. The maximum absolute atomic E-state index is 12.9. The molecule has 0 saturated heterocycles. The predicted molar refractivity (Wildman–Crippen MR) is 176 cm³/mol. The van der Waals surface area contributed by atoms with Crippen molar-refractivity contribution in [2.24, 2.45) is 0 Å². The zero-order valence-corrected chi connectivity index (χ0v) is 27.6. The third kappa shape index (κ3) is 6.81. The molecular weight excluding hydrogens is 790 g/mol. The standard InChI is InChI=1S/C19H11F3N3.C19H13N3.Ir/c20-19(21,22)17-11-16(24-25-17)18-14-9-5-4-8-13(14)10-15(23-18)12-6-2-1-3-7-12;1-13-11-18(22-21-13)19-16-10-6-5-9-15(16)12-17(20-19)14-7-3-2-4-8-14;/h1-6,8-11H,(H,24,25);2-7,9-12H,1H3;/q-1;-2;+3. The van der Waals surface area contributed by atoms with Crippen molar-refractivity contribution in [2.45, 2.75) is 13.1 Å². The number of H-pyrrole nitrogens is 1. The summed E-state index contributed by atoms with van der Waals surface area (Å²) in [6.45, 7) is 1.94. The third-order valence-electron chi connectivity index (χ3n) is 7.48. The summed E-state index contributed by atoms with van der Waals surface area (Å²) < 4.78 is 38.6. The van der Waals surface area contributed by atoms with Gasteiger partial charge < -0.3 is 10.2 Å². The normalized spacial score (nSPS) is 11.2. The van der Waals surface area contributed by atoms with Crippen molar-refractivity contribution in [3.05, 3.63) is 145 Å². The SMILES string of the molecule is Cc1cc(-c2nc(-c3[c-]cccc3)cc3ccccc23)[n-]n1.FC(F)(F)c1cc(-c2nc(-c3[c-]cccc3)cc3ccccc23)n[nH]1.[Ir+3]. The molecular formula is C38H24F3IrN6. The molecule has 0 atom stereocenters. The number of fused-ring (bicyclic) bond motifs is 2. The van der Waals surface area contributed by atoms with Crippen LogP contribution in [0.4, 0.5) is 13.2 Å². The van der Waals surface area contributed by atoms with Crippen LogP contribution >= 0.6 is 0 Å². The van der Waals surface area contributed by atoms with Crippen molar-refractivity contribution in [1.29, 1.82) is 0 Å². The zero-order chi connectivity index (χ0) is 32.4. The molecule has 0 bridgehead atoms. The van der Waals surface area contributed by atoms with Gasteiger partial charge in [0.05, 0.1) is 5.69 Å². The van der Waals surface area contributed by atoms with E-state index in [-0.39, 0.29) is 25.8 Å². The van der Waals surface area contributed by atoms with Gasteiger partial charge in [-0.15, -0.1) is 71.8 Å². The molecule has 0 saturated carbocycles. The Hall–Kier alpha value is -5.44. The van der Waals surface area contributed by atoms with Crippen LogP contribution in [0.25, 0.3) is 66.8 Å². The monoisotopic (exact) mass is 814 g/mol. The first kappa shape index (κ1) is 32.5. The molecule has 0 amide bonds. The van der Waals surface area contributed by atoms with Gasteiger partial charge in [-0.2, -0.15) is 18.3 Å². The second kappa shape index (κ2) is 13.7. The van der Waals surface area contributed by atoms with Crippen molar-refractivity contribution >= 4 is 21.5 Å². The van der Waals surface area contributed by atoms with Crippen LogP contribution in [0, 0.1) is 19.1 Å². The molecule has 0 aliphatic heterocycles. The predicted octanol–water partition coefficient (Wildman–Crippen LogP) is 9.14. The van der Waals surface area contributed by atoms with Gasteiger partial charge in [0, 0.05) is 22.2 Å². The fourth-order valence-corrected chi connectivity index (χ4v) is 5.26. The number of rotatable bonds is 4. The van der Waals surface area contributed by atoms with Gasteiger partial charge in [0.25, 0.3) is 0 Å². The van der Waals surface area contributed by atoms with Crippen molar-refractivity contribution in [1.82, 2.24) is 30.4 Å². The maximum Gasteiger partial charge on any atom is 3.00 e. The number of aromatic nitrogens is 6. The molecule has 0 aliphatic carbocycles. The van der Waals surface area contributed by atoms with Gasteiger partial charge in [0.15, 0.2) is 0 Å². The Morgan fingerprint density at radius 2 is 1.19 bits per heavy atom. The van der Waals surface area contributed by atoms with Gasteiger partial charge in [-0.3, -0.25) is 15.1 Å². The molecule has 1 N–H and O–H groups in total. The van der Waals surface area contributed by atoms with E-state index < -0.39 is 11.9 Å².